The van der Waals surface area contributed by atoms with Gasteiger partial charge in [0.2, 0.25) is 10.0 Å². The molecule has 2 aromatic rings. The number of thioether (sulfide) groups is 1. The van der Waals surface area contributed by atoms with Gasteiger partial charge in [0.25, 0.3) is 5.91 Å². The number of carbonyl (C=O) groups excluding carboxylic acids is 1. The molecule has 2 aliphatic rings. The summed E-state index contributed by atoms with van der Waals surface area (Å²) in [6.07, 6.45) is 0.852. The number of amidine groups is 1. The second kappa shape index (κ2) is 10.0. The number of amides is 1. The Bertz CT molecular complexity index is 1100. The third-order valence-corrected chi connectivity index (χ3v) is 8.22. The molecule has 2 fully saturated rings. The van der Waals surface area contributed by atoms with Gasteiger partial charge < -0.3 is 9.47 Å². The van der Waals surface area contributed by atoms with E-state index in [9.17, 15) is 13.2 Å². The first-order valence-electron chi connectivity index (χ1n) is 10.3. The van der Waals surface area contributed by atoms with Crippen LogP contribution in [0.3, 0.4) is 0 Å². The number of morpholine rings is 1. The van der Waals surface area contributed by atoms with Crippen molar-refractivity contribution < 1.29 is 22.7 Å². The Balaban J connectivity index is 1.56. The van der Waals surface area contributed by atoms with Crippen LogP contribution in [0.5, 0.6) is 5.75 Å². The molecule has 8 nitrogen and oxygen atoms in total. The Kier molecular flexibility index (Phi) is 7.14. The van der Waals surface area contributed by atoms with Gasteiger partial charge in [-0.3, -0.25) is 9.69 Å². The van der Waals surface area contributed by atoms with Gasteiger partial charge >= 0.3 is 0 Å². The third kappa shape index (κ3) is 4.83. The number of aliphatic imine (C=N–C) groups is 1. The zero-order valence-corrected chi connectivity index (χ0v) is 19.4. The Morgan fingerprint density at radius 1 is 1.06 bits per heavy atom. The van der Waals surface area contributed by atoms with Crippen LogP contribution in [0.15, 0.2) is 58.4 Å². The van der Waals surface area contributed by atoms with Crippen LogP contribution in [0.2, 0.25) is 0 Å². The van der Waals surface area contributed by atoms with E-state index in [1.54, 1.807) is 24.1 Å². The molecule has 2 aromatic carbocycles. The van der Waals surface area contributed by atoms with Crippen LogP contribution in [0, 0.1) is 0 Å². The van der Waals surface area contributed by atoms with Crippen LogP contribution in [0.25, 0.3) is 0 Å². The number of nitrogens with zero attached hydrogens (tertiary/aromatic N) is 3. The van der Waals surface area contributed by atoms with Crippen LogP contribution in [0.4, 0.5) is 5.69 Å². The van der Waals surface area contributed by atoms with Crippen molar-refractivity contribution in [3.8, 4) is 5.75 Å². The molecular formula is C22H25N3O5S2. The minimum absolute atomic E-state index is 0.173. The van der Waals surface area contributed by atoms with Gasteiger partial charge in [0.05, 0.1) is 25.2 Å². The predicted octanol–water partition coefficient (Wildman–Crippen LogP) is 2.98. The number of sulfonamides is 1. The van der Waals surface area contributed by atoms with Crippen LogP contribution in [-0.4, -0.2) is 74.4 Å². The standard InChI is InChI=1S/C22H25N3O5S2/c1-29-20-6-3-2-5-19(20)23-22-25(11-4-16-31-22)21(26)17-7-9-18(10-8-17)32(27,28)24-12-14-30-15-13-24/h2-3,5-10H,4,11-16H2,1H3. The van der Waals surface area contributed by atoms with Crippen molar-refractivity contribution in [1.82, 2.24) is 9.21 Å². The number of para-hydroxylation sites is 2. The fourth-order valence-electron chi connectivity index (χ4n) is 3.53. The third-order valence-electron chi connectivity index (χ3n) is 5.24. The lowest BCUT2D eigenvalue weighted by atomic mass is 10.2. The Morgan fingerprint density at radius 3 is 2.50 bits per heavy atom. The summed E-state index contributed by atoms with van der Waals surface area (Å²) in [6, 6.07) is 13.5. The maximum Gasteiger partial charge on any atom is 0.259 e. The molecule has 4 rings (SSSR count). The predicted molar refractivity (Wildman–Crippen MR) is 124 cm³/mol. The fraction of sp³-hybridized carbons (Fsp3) is 0.364. The van der Waals surface area contributed by atoms with Crippen molar-refractivity contribution >= 4 is 38.5 Å². The molecule has 10 heteroatoms. The molecule has 1 amide bonds. The summed E-state index contributed by atoms with van der Waals surface area (Å²) in [5, 5.41) is 0.607. The van der Waals surface area contributed by atoms with Crippen LogP contribution in [-0.2, 0) is 14.8 Å². The highest BCUT2D eigenvalue weighted by Crippen LogP contribution is 2.30. The summed E-state index contributed by atoms with van der Waals surface area (Å²) in [4.78, 5) is 19.7. The second-order valence-corrected chi connectivity index (χ2v) is 10.3. The normalized spacial score (nSPS) is 19.2. The molecule has 0 bridgehead atoms. The van der Waals surface area contributed by atoms with Gasteiger partial charge in [-0.05, 0) is 42.8 Å². The molecule has 0 N–H and O–H groups in total. The summed E-state index contributed by atoms with van der Waals surface area (Å²) < 4.78 is 37.7. The summed E-state index contributed by atoms with van der Waals surface area (Å²) >= 11 is 1.52. The van der Waals surface area contributed by atoms with Crippen molar-refractivity contribution in [1.29, 1.82) is 0 Å². The van der Waals surface area contributed by atoms with E-state index in [1.807, 2.05) is 24.3 Å². The number of benzene rings is 2. The van der Waals surface area contributed by atoms with Gasteiger partial charge in [-0.2, -0.15) is 4.31 Å². The molecular weight excluding hydrogens is 450 g/mol. The first-order valence-corrected chi connectivity index (χ1v) is 12.8. The highest BCUT2D eigenvalue weighted by molar-refractivity contribution is 8.13. The second-order valence-electron chi connectivity index (χ2n) is 7.27. The summed E-state index contributed by atoms with van der Waals surface area (Å²) in [5.41, 5.74) is 1.07. The molecule has 2 saturated heterocycles. The number of hydrogen-bond acceptors (Lipinski definition) is 7. The van der Waals surface area contributed by atoms with E-state index in [0.717, 1.165) is 12.2 Å². The minimum atomic E-state index is -3.60. The average Bonchev–Trinajstić information content (AvgIpc) is 2.85. The smallest absolute Gasteiger partial charge is 0.259 e. The molecule has 0 spiro atoms. The van der Waals surface area contributed by atoms with Gasteiger partial charge in [0.1, 0.15) is 11.4 Å². The van der Waals surface area contributed by atoms with Crippen molar-refractivity contribution in [3.63, 3.8) is 0 Å². The highest BCUT2D eigenvalue weighted by atomic mass is 32.2. The Labute approximate surface area is 192 Å². The summed E-state index contributed by atoms with van der Waals surface area (Å²) in [5.74, 6) is 1.30. The zero-order valence-electron chi connectivity index (χ0n) is 17.8. The van der Waals surface area contributed by atoms with E-state index in [1.165, 1.54) is 28.2 Å². The molecule has 0 unspecified atom stereocenters. The molecule has 0 radical (unpaired) electrons. The Morgan fingerprint density at radius 2 is 1.78 bits per heavy atom. The molecule has 0 atom stereocenters. The van der Waals surface area contributed by atoms with E-state index in [-0.39, 0.29) is 10.8 Å². The molecule has 2 aliphatic heterocycles. The van der Waals surface area contributed by atoms with Crippen molar-refractivity contribution in [2.24, 2.45) is 4.99 Å². The molecule has 170 valence electrons. The lowest BCUT2D eigenvalue weighted by Crippen LogP contribution is -2.40. The van der Waals surface area contributed by atoms with Gasteiger partial charge in [0, 0.05) is 31.0 Å². The first kappa shape index (κ1) is 22.8. The van der Waals surface area contributed by atoms with E-state index in [4.69, 9.17) is 9.47 Å². The molecule has 0 aromatic heterocycles. The van der Waals surface area contributed by atoms with E-state index >= 15 is 0 Å². The lowest BCUT2D eigenvalue weighted by Gasteiger charge is -2.28. The molecule has 32 heavy (non-hydrogen) atoms. The van der Waals surface area contributed by atoms with Crippen molar-refractivity contribution in [2.75, 3.05) is 45.7 Å². The average molecular weight is 476 g/mol. The molecule has 0 aliphatic carbocycles. The lowest BCUT2D eigenvalue weighted by molar-refractivity contribution is 0.0730. The first-order chi connectivity index (χ1) is 15.5. The van der Waals surface area contributed by atoms with Crippen LogP contribution in [0.1, 0.15) is 16.8 Å². The minimum Gasteiger partial charge on any atom is -0.494 e. The quantitative estimate of drug-likeness (QED) is 0.661. The monoisotopic (exact) mass is 475 g/mol. The van der Waals surface area contributed by atoms with Gasteiger partial charge in [0.15, 0.2) is 5.17 Å². The maximum absolute atomic E-state index is 13.2. The Hall–Kier alpha value is -2.40. The number of hydrogen-bond donors (Lipinski definition) is 0. The highest BCUT2D eigenvalue weighted by Gasteiger charge is 2.28. The number of ether oxygens (including phenoxy) is 2. The van der Waals surface area contributed by atoms with E-state index < -0.39 is 10.0 Å². The van der Waals surface area contributed by atoms with E-state index in [2.05, 4.69) is 4.99 Å². The summed E-state index contributed by atoms with van der Waals surface area (Å²) in [7, 11) is -2.02. The summed E-state index contributed by atoms with van der Waals surface area (Å²) in [6.45, 7) is 1.98. The SMILES string of the molecule is COc1ccccc1N=C1SCCCN1C(=O)c1ccc(S(=O)(=O)N2CCOCC2)cc1. The van der Waals surface area contributed by atoms with Crippen LogP contribution < -0.4 is 4.74 Å². The molecule has 2 heterocycles. The van der Waals surface area contributed by atoms with Crippen molar-refractivity contribution in [3.05, 3.63) is 54.1 Å². The zero-order chi connectivity index (χ0) is 22.6. The largest absolute Gasteiger partial charge is 0.494 e. The van der Waals surface area contributed by atoms with E-state index in [0.29, 0.717) is 55.0 Å². The topological polar surface area (TPSA) is 88.5 Å². The maximum atomic E-state index is 13.2. The van der Waals surface area contributed by atoms with Gasteiger partial charge in [-0.25, -0.2) is 13.4 Å². The number of rotatable bonds is 5. The van der Waals surface area contributed by atoms with Crippen LogP contribution >= 0.6 is 11.8 Å². The van der Waals surface area contributed by atoms with Gasteiger partial charge in [-0.1, -0.05) is 23.9 Å². The fourth-order valence-corrected chi connectivity index (χ4v) is 5.88. The molecule has 0 saturated carbocycles. The van der Waals surface area contributed by atoms with Crippen molar-refractivity contribution in [2.45, 2.75) is 11.3 Å². The number of carbonyl (C=O) groups is 1. The van der Waals surface area contributed by atoms with Gasteiger partial charge in [-0.15, -0.1) is 0 Å². The number of methoxy groups -OCH3 is 1.